The van der Waals surface area contributed by atoms with Crippen molar-refractivity contribution in [1.29, 1.82) is 0 Å². The number of aryl methyl sites for hydroxylation is 1. The zero-order chi connectivity index (χ0) is 16.4. The Morgan fingerprint density at radius 2 is 1.83 bits per heavy atom. The van der Waals surface area contributed by atoms with Gasteiger partial charge in [-0.1, -0.05) is 6.07 Å². The normalized spacial score (nSPS) is 16.4. The molecule has 2 aromatic rings. The lowest BCUT2D eigenvalue weighted by atomic mass is 9.84. The van der Waals surface area contributed by atoms with Gasteiger partial charge in [0.25, 0.3) is 5.69 Å². The summed E-state index contributed by atoms with van der Waals surface area (Å²) in [6.45, 7) is 0. The molecule has 0 radical (unpaired) electrons. The molecule has 1 aliphatic rings. The second-order valence-electron chi connectivity index (χ2n) is 5.56. The second kappa shape index (κ2) is 6.08. The molecule has 6 heteroatoms. The third kappa shape index (κ3) is 3.31. The van der Waals surface area contributed by atoms with E-state index < -0.39 is 10.9 Å². The molecule has 0 spiro atoms. The summed E-state index contributed by atoms with van der Waals surface area (Å²) in [5.74, 6) is -0.0146. The fourth-order valence-electron chi connectivity index (χ4n) is 2.78. The minimum Gasteiger partial charge on any atom is -0.481 e. The Balaban J connectivity index is 1.78. The number of non-ortho nitro benzene ring substituents is 1. The Hall–Kier alpha value is -2.89. The highest BCUT2D eigenvalue weighted by Crippen LogP contribution is 2.31. The lowest BCUT2D eigenvalue weighted by Gasteiger charge is -2.22. The molecule has 23 heavy (non-hydrogen) atoms. The number of hydrogen-bond donors (Lipinski definition) is 1. The number of hydrogen-bond acceptors (Lipinski definition) is 4. The van der Waals surface area contributed by atoms with Crippen molar-refractivity contribution >= 4 is 11.7 Å². The van der Waals surface area contributed by atoms with Crippen LogP contribution in [-0.2, 0) is 17.6 Å². The number of nitro groups is 1. The molecular formula is C17H15NO5. The number of fused-ring (bicyclic) bond motifs is 1. The fourth-order valence-corrected chi connectivity index (χ4v) is 2.78. The lowest BCUT2D eigenvalue weighted by Crippen LogP contribution is -2.22. The number of carboxylic acid groups (broad SMARTS) is 1. The Bertz CT molecular complexity index is 754. The highest BCUT2D eigenvalue weighted by Gasteiger charge is 2.24. The largest absolute Gasteiger partial charge is 0.481 e. The van der Waals surface area contributed by atoms with Crippen molar-refractivity contribution in [3.05, 3.63) is 63.7 Å². The van der Waals surface area contributed by atoms with E-state index in [1.54, 1.807) is 0 Å². The molecule has 0 aromatic heterocycles. The van der Waals surface area contributed by atoms with Crippen molar-refractivity contribution in [2.45, 2.75) is 19.3 Å². The topological polar surface area (TPSA) is 89.7 Å². The Kier molecular flexibility index (Phi) is 3.97. The summed E-state index contributed by atoms with van der Waals surface area (Å²) in [7, 11) is 0. The van der Waals surface area contributed by atoms with Gasteiger partial charge in [0.2, 0.25) is 0 Å². The van der Waals surface area contributed by atoms with Gasteiger partial charge in [0.15, 0.2) is 0 Å². The molecule has 0 aliphatic heterocycles. The molecule has 1 N–H and O–H groups in total. The van der Waals surface area contributed by atoms with Crippen LogP contribution >= 0.6 is 0 Å². The number of ether oxygens (including phenoxy) is 1. The molecule has 1 unspecified atom stereocenters. The van der Waals surface area contributed by atoms with Crippen LogP contribution in [0, 0.1) is 16.0 Å². The SMILES string of the molecule is O=C(O)C1CCc2ccc(Oc3ccc([N+](=O)[O-])cc3)cc2C1. The van der Waals surface area contributed by atoms with Crippen LogP contribution < -0.4 is 4.74 Å². The summed E-state index contributed by atoms with van der Waals surface area (Å²) in [5, 5.41) is 19.8. The quantitative estimate of drug-likeness (QED) is 0.688. The van der Waals surface area contributed by atoms with Crippen LogP contribution in [0.15, 0.2) is 42.5 Å². The fraction of sp³-hybridized carbons (Fsp3) is 0.235. The van der Waals surface area contributed by atoms with Gasteiger partial charge in [-0.3, -0.25) is 14.9 Å². The van der Waals surface area contributed by atoms with E-state index in [4.69, 9.17) is 9.84 Å². The minimum atomic E-state index is -0.766. The van der Waals surface area contributed by atoms with Gasteiger partial charge in [-0.15, -0.1) is 0 Å². The highest BCUT2D eigenvalue weighted by atomic mass is 16.6. The Morgan fingerprint density at radius 3 is 2.48 bits per heavy atom. The van der Waals surface area contributed by atoms with Gasteiger partial charge >= 0.3 is 5.97 Å². The molecule has 0 fully saturated rings. The molecular weight excluding hydrogens is 298 g/mol. The van der Waals surface area contributed by atoms with E-state index in [0.717, 1.165) is 17.5 Å². The maximum atomic E-state index is 11.1. The first-order chi connectivity index (χ1) is 11.0. The summed E-state index contributed by atoms with van der Waals surface area (Å²) in [4.78, 5) is 21.3. The summed E-state index contributed by atoms with van der Waals surface area (Å²) in [5.41, 5.74) is 2.15. The van der Waals surface area contributed by atoms with Gasteiger partial charge in [-0.2, -0.15) is 0 Å². The summed E-state index contributed by atoms with van der Waals surface area (Å²) in [6.07, 6.45) is 1.91. The molecule has 118 valence electrons. The number of nitro benzene ring substituents is 1. The molecule has 0 saturated carbocycles. The van der Waals surface area contributed by atoms with Crippen LogP contribution in [0.25, 0.3) is 0 Å². The first-order valence-corrected chi connectivity index (χ1v) is 7.30. The Labute approximate surface area is 132 Å². The van der Waals surface area contributed by atoms with Crippen LogP contribution in [-0.4, -0.2) is 16.0 Å². The monoisotopic (exact) mass is 313 g/mol. The van der Waals surface area contributed by atoms with E-state index in [1.807, 2.05) is 18.2 Å². The zero-order valence-corrected chi connectivity index (χ0v) is 12.3. The minimum absolute atomic E-state index is 0.00657. The van der Waals surface area contributed by atoms with Gasteiger partial charge in [0.1, 0.15) is 11.5 Å². The average molecular weight is 313 g/mol. The Morgan fingerprint density at radius 1 is 1.13 bits per heavy atom. The summed E-state index contributed by atoms with van der Waals surface area (Å²) < 4.78 is 5.70. The van der Waals surface area contributed by atoms with E-state index in [0.29, 0.717) is 24.3 Å². The van der Waals surface area contributed by atoms with Crippen molar-refractivity contribution in [2.24, 2.45) is 5.92 Å². The van der Waals surface area contributed by atoms with Crippen LogP contribution in [0.4, 0.5) is 5.69 Å². The van der Waals surface area contributed by atoms with E-state index >= 15 is 0 Å². The molecule has 0 saturated heterocycles. The van der Waals surface area contributed by atoms with E-state index in [2.05, 4.69) is 0 Å². The molecule has 0 heterocycles. The van der Waals surface area contributed by atoms with Crippen molar-refractivity contribution in [3.63, 3.8) is 0 Å². The highest BCUT2D eigenvalue weighted by molar-refractivity contribution is 5.71. The van der Waals surface area contributed by atoms with Gasteiger partial charge < -0.3 is 9.84 Å². The first-order valence-electron chi connectivity index (χ1n) is 7.30. The van der Waals surface area contributed by atoms with Gasteiger partial charge in [0, 0.05) is 12.1 Å². The third-order valence-electron chi connectivity index (χ3n) is 4.04. The smallest absolute Gasteiger partial charge is 0.306 e. The molecule has 0 amide bonds. The number of carbonyl (C=O) groups is 1. The van der Waals surface area contributed by atoms with Gasteiger partial charge in [0.05, 0.1) is 10.8 Å². The number of aliphatic carboxylic acids is 1. The van der Waals surface area contributed by atoms with E-state index in [1.165, 1.54) is 24.3 Å². The summed E-state index contributed by atoms with van der Waals surface area (Å²) in [6, 6.07) is 11.5. The maximum Gasteiger partial charge on any atom is 0.306 e. The van der Waals surface area contributed by atoms with Crippen LogP contribution in [0.5, 0.6) is 11.5 Å². The van der Waals surface area contributed by atoms with Crippen molar-refractivity contribution in [1.82, 2.24) is 0 Å². The third-order valence-corrected chi connectivity index (χ3v) is 4.04. The lowest BCUT2D eigenvalue weighted by molar-refractivity contribution is -0.384. The number of carboxylic acids is 1. The number of nitrogens with zero attached hydrogens (tertiary/aromatic N) is 1. The molecule has 1 atom stereocenters. The van der Waals surface area contributed by atoms with Crippen molar-refractivity contribution in [2.75, 3.05) is 0 Å². The van der Waals surface area contributed by atoms with E-state index in [9.17, 15) is 14.9 Å². The van der Waals surface area contributed by atoms with E-state index in [-0.39, 0.29) is 11.6 Å². The zero-order valence-electron chi connectivity index (χ0n) is 12.3. The standard InChI is InChI=1S/C17H15NO5/c19-17(20)12-2-1-11-3-6-16(10-13(11)9-12)23-15-7-4-14(5-8-15)18(21)22/h3-8,10,12H,1-2,9H2,(H,19,20). The predicted octanol–water partition coefficient (Wildman–Crippen LogP) is 3.58. The average Bonchev–Trinajstić information content (AvgIpc) is 2.54. The number of rotatable bonds is 4. The molecule has 6 nitrogen and oxygen atoms in total. The van der Waals surface area contributed by atoms with Crippen LogP contribution in [0.2, 0.25) is 0 Å². The van der Waals surface area contributed by atoms with Gasteiger partial charge in [-0.05, 0) is 54.7 Å². The first kappa shape index (κ1) is 15.0. The van der Waals surface area contributed by atoms with Crippen molar-refractivity contribution in [3.8, 4) is 11.5 Å². The van der Waals surface area contributed by atoms with Crippen LogP contribution in [0.1, 0.15) is 17.5 Å². The number of benzene rings is 2. The molecule has 3 rings (SSSR count). The molecule has 0 bridgehead atoms. The van der Waals surface area contributed by atoms with Crippen LogP contribution in [0.3, 0.4) is 0 Å². The predicted molar refractivity (Wildman–Crippen MR) is 82.8 cm³/mol. The second-order valence-corrected chi connectivity index (χ2v) is 5.56. The van der Waals surface area contributed by atoms with Crippen molar-refractivity contribution < 1.29 is 19.6 Å². The maximum absolute atomic E-state index is 11.1. The molecule has 1 aliphatic carbocycles. The van der Waals surface area contributed by atoms with Gasteiger partial charge in [-0.25, -0.2) is 0 Å². The summed E-state index contributed by atoms with van der Waals surface area (Å²) >= 11 is 0. The molecule has 2 aromatic carbocycles.